The van der Waals surface area contributed by atoms with Crippen molar-refractivity contribution in [3.63, 3.8) is 0 Å². The standard InChI is InChI=1S/C17H18BrFO/c1-3-11(2)12-4-6-13(7-5-12)17(20)14-8-15(18)10-16(19)9-14/h4-11,17,20H,3H2,1-2H3. The second-order valence-electron chi connectivity index (χ2n) is 5.08. The highest BCUT2D eigenvalue weighted by Crippen LogP contribution is 2.27. The molecule has 106 valence electrons. The van der Waals surface area contributed by atoms with Crippen LogP contribution in [0.4, 0.5) is 4.39 Å². The molecule has 2 atom stereocenters. The summed E-state index contributed by atoms with van der Waals surface area (Å²) in [6.45, 7) is 4.33. The smallest absolute Gasteiger partial charge is 0.124 e. The first-order valence-corrected chi connectivity index (χ1v) is 7.54. The van der Waals surface area contributed by atoms with E-state index in [0.29, 0.717) is 16.0 Å². The van der Waals surface area contributed by atoms with Gasteiger partial charge in [0.15, 0.2) is 0 Å². The van der Waals surface area contributed by atoms with Gasteiger partial charge in [-0.2, -0.15) is 0 Å². The summed E-state index contributed by atoms with van der Waals surface area (Å²) in [6, 6.07) is 12.3. The lowest BCUT2D eigenvalue weighted by Gasteiger charge is -2.14. The van der Waals surface area contributed by atoms with Gasteiger partial charge in [0.05, 0.1) is 0 Å². The molecule has 1 nitrogen and oxygen atoms in total. The van der Waals surface area contributed by atoms with E-state index in [9.17, 15) is 9.50 Å². The van der Waals surface area contributed by atoms with Gasteiger partial charge in [-0.15, -0.1) is 0 Å². The Morgan fingerprint density at radius 3 is 2.20 bits per heavy atom. The lowest BCUT2D eigenvalue weighted by molar-refractivity contribution is 0.219. The van der Waals surface area contributed by atoms with E-state index >= 15 is 0 Å². The van der Waals surface area contributed by atoms with E-state index in [4.69, 9.17) is 0 Å². The zero-order valence-corrected chi connectivity index (χ0v) is 13.2. The van der Waals surface area contributed by atoms with Gasteiger partial charge in [0, 0.05) is 4.47 Å². The van der Waals surface area contributed by atoms with Gasteiger partial charge in [0.1, 0.15) is 11.9 Å². The molecule has 1 N–H and O–H groups in total. The Morgan fingerprint density at radius 1 is 1.05 bits per heavy atom. The van der Waals surface area contributed by atoms with Crippen molar-refractivity contribution in [2.24, 2.45) is 0 Å². The van der Waals surface area contributed by atoms with Crippen LogP contribution in [0.25, 0.3) is 0 Å². The Balaban J connectivity index is 2.26. The van der Waals surface area contributed by atoms with Gasteiger partial charge in [0.2, 0.25) is 0 Å². The minimum absolute atomic E-state index is 0.357. The summed E-state index contributed by atoms with van der Waals surface area (Å²) >= 11 is 3.24. The average Bonchev–Trinajstić information content (AvgIpc) is 2.45. The van der Waals surface area contributed by atoms with Crippen LogP contribution >= 0.6 is 15.9 Å². The lowest BCUT2D eigenvalue weighted by atomic mass is 9.95. The molecule has 0 saturated heterocycles. The molecule has 0 amide bonds. The maximum atomic E-state index is 13.4. The van der Waals surface area contributed by atoms with Gasteiger partial charge < -0.3 is 5.11 Å². The fourth-order valence-corrected chi connectivity index (χ4v) is 2.65. The van der Waals surface area contributed by atoms with Gasteiger partial charge >= 0.3 is 0 Å². The number of rotatable bonds is 4. The number of benzene rings is 2. The van der Waals surface area contributed by atoms with E-state index in [0.717, 1.165) is 12.0 Å². The van der Waals surface area contributed by atoms with E-state index in [2.05, 4.69) is 29.8 Å². The highest BCUT2D eigenvalue weighted by molar-refractivity contribution is 9.10. The van der Waals surface area contributed by atoms with Crippen molar-refractivity contribution in [3.8, 4) is 0 Å². The summed E-state index contributed by atoms with van der Waals surface area (Å²) in [6.07, 6.45) is 0.270. The lowest BCUT2D eigenvalue weighted by Crippen LogP contribution is -2.01. The van der Waals surface area contributed by atoms with Crippen LogP contribution in [0.5, 0.6) is 0 Å². The van der Waals surface area contributed by atoms with Crippen LogP contribution in [0.2, 0.25) is 0 Å². The van der Waals surface area contributed by atoms with E-state index in [-0.39, 0.29) is 5.82 Å². The molecule has 0 aliphatic heterocycles. The predicted molar refractivity (Wildman–Crippen MR) is 83.3 cm³/mol. The fraction of sp³-hybridized carbons (Fsp3) is 0.294. The van der Waals surface area contributed by atoms with Crippen molar-refractivity contribution < 1.29 is 9.50 Å². The van der Waals surface area contributed by atoms with Crippen molar-refractivity contribution in [1.82, 2.24) is 0 Å². The number of halogens is 2. The highest BCUT2D eigenvalue weighted by Gasteiger charge is 2.13. The van der Waals surface area contributed by atoms with E-state index in [1.165, 1.54) is 17.7 Å². The Kier molecular flexibility index (Phi) is 4.95. The van der Waals surface area contributed by atoms with Crippen LogP contribution in [0.15, 0.2) is 46.9 Å². The molecule has 0 heterocycles. The Bertz CT molecular complexity index is 560. The summed E-state index contributed by atoms with van der Waals surface area (Å²) in [5.74, 6) is 0.147. The Morgan fingerprint density at radius 2 is 1.65 bits per heavy atom. The zero-order valence-electron chi connectivity index (χ0n) is 11.6. The molecule has 0 fully saturated rings. The Labute approximate surface area is 127 Å². The first-order chi connectivity index (χ1) is 9.51. The topological polar surface area (TPSA) is 20.2 Å². The van der Waals surface area contributed by atoms with E-state index in [1.807, 2.05) is 24.3 Å². The molecule has 0 aliphatic carbocycles. The molecule has 0 bridgehead atoms. The molecule has 3 heteroatoms. The van der Waals surface area contributed by atoms with Crippen LogP contribution in [-0.2, 0) is 0 Å². The average molecular weight is 337 g/mol. The summed E-state index contributed by atoms with van der Waals surface area (Å²) in [5.41, 5.74) is 2.58. The van der Waals surface area contributed by atoms with Crippen LogP contribution in [0.3, 0.4) is 0 Å². The van der Waals surface area contributed by atoms with Crippen LogP contribution in [-0.4, -0.2) is 5.11 Å². The monoisotopic (exact) mass is 336 g/mol. The first-order valence-electron chi connectivity index (χ1n) is 6.75. The second-order valence-corrected chi connectivity index (χ2v) is 6.00. The number of aliphatic hydroxyl groups is 1. The maximum Gasteiger partial charge on any atom is 0.124 e. The maximum absolute atomic E-state index is 13.4. The van der Waals surface area contributed by atoms with Crippen molar-refractivity contribution in [2.45, 2.75) is 32.3 Å². The van der Waals surface area contributed by atoms with Crippen molar-refractivity contribution in [1.29, 1.82) is 0 Å². The summed E-state index contributed by atoms with van der Waals surface area (Å²) < 4.78 is 14.0. The van der Waals surface area contributed by atoms with Crippen molar-refractivity contribution in [2.75, 3.05) is 0 Å². The van der Waals surface area contributed by atoms with Crippen molar-refractivity contribution in [3.05, 3.63) is 69.4 Å². The molecule has 0 spiro atoms. The molecule has 2 aromatic rings. The van der Waals surface area contributed by atoms with Gasteiger partial charge in [-0.1, -0.05) is 54.0 Å². The molecule has 20 heavy (non-hydrogen) atoms. The molecule has 0 radical (unpaired) electrons. The number of hydrogen-bond acceptors (Lipinski definition) is 1. The number of aliphatic hydroxyl groups excluding tert-OH is 1. The quantitative estimate of drug-likeness (QED) is 0.815. The predicted octanol–water partition coefficient (Wildman–Crippen LogP) is 5.18. The Hall–Kier alpha value is -1.19. The van der Waals surface area contributed by atoms with Gasteiger partial charge in [-0.3, -0.25) is 0 Å². The third-order valence-corrected chi connectivity index (χ3v) is 4.09. The third kappa shape index (κ3) is 3.47. The van der Waals surface area contributed by atoms with Gasteiger partial charge in [-0.25, -0.2) is 4.39 Å². The van der Waals surface area contributed by atoms with Crippen LogP contribution in [0, 0.1) is 5.82 Å². The van der Waals surface area contributed by atoms with E-state index < -0.39 is 6.10 Å². The normalized spacial score (nSPS) is 14.1. The zero-order chi connectivity index (χ0) is 14.7. The largest absolute Gasteiger partial charge is 0.384 e. The summed E-state index contributed by atoms with van der Waals surface area (Å²) in [5, 5.41) is 10.3. The van der Waals surface area contributed by atoms with Crippen molar-refractivity contribution >= 4 is 15.9 Å². The third-order valence-electron chi connectivity index (χ3n) is 3.63. The SMILES string of the molecule is CCC(C)c1ccc(C(O)c2cc(F)cc(Br)c2)cc1. The molecular weight excluding hydrogens is 319 g/mol. The minimum Gasteiger partial charge on any atom is -0.384 e. The molecule has 0 saturated carbocycles. The molecule has 2 aromatic carbocycles. The van der Waals surface area contributed by atoms with Crippen LogP contribution < -0.4 is 0 Å². The molecule has 2 unspecified atom stereocenters. The minimum atomic E-state index is -0.812. The molecule has 2 rings (SSSR count). The molecule has 0 aliphatic rings. The van der Waals surface area contributed by atoms with E-state index in [1.54, 1.807) is 6.07 Å². The molecular formula is C17H18BrFO. The highest BCUT2D eigenvalue weighted by atomic mass is 79.9. The fourth-order valence-electron chi connectivity index (χ4n) is 2.17. The first kappa shape index (κ1) is 15.2. The van der Waals surface area contributed by atoms with Gasteiger partial charge in [-0.05, 0) is 47.2 Å². The van der Waals surface area contributed by atoms with Crippen LogP contribution in [0.1, 0.15) is 49.0 Å². The molecule has 0 aromatic heterocycles. The summed E-state index contributed by atoms with van der Waals surface area (Å²) in [4.78, 5) is 0. The summed E-state index contributed by atoms with van der Waals surface area (Å²) in [7, 11) is 0. The van der Waals surface area contributed by atoms with Gasteiger partial charge in [0.25, 0.3) is 0 Å². The number of hydrogen-bond donors (Lipinski definition) is 1. The second kappa shape index (κ2) is 6.51.